The van der Waals surface area contributed by atoms with Crippen LogP contribution >= 0.6 is 0 Å². The summed E-state index contributed by atoms with van der Waals surface area (Å²) in [4.78, 5) is 30.9. The van der Waals surface area contributed by atoms with Gasteiger partial charge < -0.3 is 14.7 Å². The number of piperazine rings is 1. The minimum atomic E-state index is -0.375. The third kappa shape index (κ3) is 3.44. The number of amides is 1. The summed E-state index contributed by atoms with van der Waals surface area (Å²) in [7, 11) is 0. The van der Waals surface area contributed by atoms with Crippen LogP contribution in [0.3, 0.4) is 0 Å². The van der Waals surface area contributed by atoms with Crippen molar-refractivity contribution in [2.24, 2.45) is 5.92 Å². The Morgan fingerprint density at radius 1 is 1.06 bits per heavy atom. The molecule has 0 saturated carbocycles. The molecule has 3 heterocycles. The van der Waals surface area contributed by atoms with Crippen LogP contribution in [0.2, 0.25) is 0 Å². The van der Waals surface area contributed by atoms with Crippen LogP contribution in [-0.2, 0) is 11.2 Å². The number of nitro groups is 1. The van der Waals surface area contributed by atoms with E-state index >= 15 is 0 Å². The van der Waals surface area contributed by atoms with Crippen LogP contribution in [0, 0.1) is 27.4 Å². The minimum Gasteiger partial charge on any atom is -0.367 e. The molecule has 3 aliphatic heterocycles. The smallest absolute Gasteiger partial charge is 0.269 e. The lowest BCUT2D eigenvalue weighted by molar-refractivity contribution is -0.384. The monoisotopic (exact) mass is 431 g/mol. The van der Waals surface area contributed by atoms with Crippen LogP contribution in [0.15, 0.2) is 42.5 Å². The zero-order valence-corrected chi connectivity index (χ0v) is 17.8. The number of nitriles is 1. The summed E-state index contributed by atoms with van der Waals surface area (Å²) in [5.74, 6) is -0.121. The molecule has 0 radical (unpaired) electrons. The number of rotatable bonds is 3. The SMILES string of the molecule is N#Cc1ccccc1N1CCN2c3ccc([N+](=O)[O-])cc3C[C@@H](C(=O)N3CCCC3)[C@H]2C1. The van der Waals surface area contributed by atoms with Gasteiger partial charge in [-0.1, -0.05) is 12.1 Å². The molecule has 2 atom stereocenters. The summed E-state index contributed by atoms with van der Waals surface area (Å²) < 4.78 is 0. The Labute approximate surface area is 186 Å². The molecule has 5 rings (SSSR count). The van der Waals surface area contributed by atoms with Crippen molar-refractivity contribution in [1.29, 1.82) is 5.26 Å². The molecular weight excluding hydrogens is 406 g/mol. The lowest BCUT2D eigenvalue weighted by atomic mass is 9.82. The lowest BCUT2D eigenvalue weighted by Crippen LogP contribution is -2.61. The molecule has 1 amide bonds. The molecule has 2 aromatic carbocycles. The number of anilines is 2. The Morgan fingerprint density at radius 2 is 1.84 bits per heavy atom. The van der Waals surface area contributed by atoms with E-state index in [0.29, 0.717) is 25.1 Å². The van der Waals surface area contributed by atoms with Gasteiger partial charge in [0, 0.05) is 50.5 Å². The van der Waals surface area contributed by atoms with E-state index in [0.717, 1.165) is 49.4 Å². The van der Waals surface area contributed by atoms with Crippen molar-refractivity contribution in [2.45, 2.75) is 25.3 Å². The fourth-order valence-corrected chi connectivity index (χ4v) is 5.44. The fourth-order valence-electron chi connectivity index (χ4n) is 5.44. The minimum absolute atomic E-state index is 0.0439. The van der Waals surface area contributed by atoms with Gasteiger partial charge in [0.25, 0.3) is 5.69 Å². The highest BCUT2D eigenvalue weighted by Gasteiger charge is 2.43. The summed E-state index contributed by atoms with van der Waals surface area (Å²) in [5, 5.41) is 20.9. The number of carbonyl (C=O) groups excluding carboxylic acids is 1. The second-order valence-electron chi connectivity index (χ2n) is 8.75. The van der Waals surface area contributed by atoms with Gasteiger partial charge in [0.05, 0.1) is 28.1 Å². The second kappa shape index (κ2) is 8.15. The van der Waals surface area contributed by atoms with Crippen LogP contribution < -0.4 is 9.80 Å². The fraction of sp³-hybridized carbons (Fsp3) is 0.417. The third-order valence-electron chi connectivity index (χ3n) is 7.01. The Kier molecular flexibility index (Phi) is 5.17. The summed E-state index contributed by atoms with van der Waals surface area (Å²) >= 11 is 0. The molecule has 8 nitrogen and oxygen atoms in total. The third-order valence-corrected chi connectivity index (χ3v) is 7.01. The number of hydrogen-bond donors (Lipinski definition) is 0. The molecule has 2 saturated heterocycles. The van der Waals surface area contributed by atoms with Gasteiger partial charge in [-0.3, -0.25) is 14.9 Å². The molecule has 164 valence electrons. The highest BCUT2D eigenvalue weighted by Crippen LogP contribution is 2.39. The van der Waals surface area contributed by atoms with E-state index in [-0.39, 0.29) is 28.5 Å². The van der Waals surface area contributed by atoms with Crippen molar-refractivity contribution in [3.8, 4) is 6.07 Å². The first-order chi connectivity index (χ1) is 15.6. The average molecular weight is 431 g/mol. The standard InChI is InChI=1S/C24H25N5O3/c25-15-17-5-1-2-6-21(17)27-11-12-28-22-8-7-19(29(31)32)13-18(22)14-20(23(28)16-27)24(30)26-9-3-4-10-26/h1-2,5-8,13,20,23H,3-4,9-12,14,16H2/t20-,23-/m1/s1. The van der Waals surface area contributed by atoms with Crippen molar-refractivity contribution < 1.29 is 9.72 Å². The normalized spacial score (nSPS) is 22.2. The van der Waals surface area contributed by atoms with E-state index < -0.39 is 0 Å². The highest BCUT2D eigenvalue weighted by atomic mass is 16.6. The average Bonchev–Trinajstić information content (AvgIpc) is 3.37. The second-order valence-corrected chi connectivity index (χ2v) is 8.75. The summed E-state index contributed by atoms with van der Waals surface area (Å²) in [6.07, 6.45) is 2.55. The number of fused-ring (bicyclic) bond motifs is 3. The summed E-state index contributed by atoms with van der Waals surface area (Å²) in [6.45, 7) is 3.62. The Hall–Kier alpha value is -3.60. The van der Waals surface area contributed by atoms with E-state index in [1.165, 1.54) is 0 Å². The van der Waals surface area contributed by atoms with Crippen molar-refractivity contribution in [3.05, 3.63) is 63.7 Å². The van der Waals surface area contributed by atoms with E-state index in [1.54, 1.807) is 12.1 Å². The number of benzene rings is 2. The molecular formula is C24H25N5O3. The van der Waals surface area contributed by atoms with Gasteiger partial charge >= 0.3 is 0 Å². The molecule has 0 aromatic heterocycles. The maximum absolute atomic E-state index is 13.5. The zero-order valence-electron chi connectivity index (χ0n) is 17.8. The van der Waals surface area contributed by atoms with E-state index in [1.807, 2.05) is 35.2 Å². The van der Waals surface area contributed by atoms with Crippen LogP contribution in [-0.4, -0.2) is 54.5 Å². The Balaban J connectivity index is 1.51. The van der Waals surface area contributed by atoms with E-state index in [2.05, 4.69) is 15.9 Å². The molecule has 3 aliphatic rings. The number of carbonyl (C=O) groups is 1. The van der Waals surface area contributed by atoms with Crippen LogP contribution in [0.5, 0.6) is 0 Å². The Morgan fingerprint density at radius 3 is 2.59 bits per heavy atom. The van der Waals surface area contributed by atoms with E-state index in [4.69, 9.17) is 0 Å². The highest BCUT2D eigenvalue weighted by molar-refractivity contribution is 5.83. The number of non-ortho nitro benzene ring substituents is 1. The molecule has 0 aliphatic carbocycles. The van der Waals surface area contributed by atoms with Gasteiger partial charge in [-0.05, 0) is 43.0 Å². The number of nitrogens with zero attached hydrogens (tertiary/aromatic N) is 5. The largest absolute Gasteiger partial charge is 0.367 e. The first-order valence-corrected chi connectivity index (χ1v) is 11.1. The zero-order chi connectivity index (χ0) is 22.2. The van der Waals surface area contributed by atoms with Gasteiger partial charge in [-0.15, -0.1) is 0 Å². The van der Waals surface area contributed by atoms with Crippen molar-refractivity contribution in [2.75, 3.05) is 42.5 Å². The Bertz CT molecular complexity index is 1110. The molecule has 8 heteroatoms. The number of nitro benzene ring substituents is 1. The first-order valence-electron chi connectivity index (χ1n) is 11.1. The van der Waals surface area contributed by atoms with Crippen LogP contribution in [0.4, 0.5) is 17.1 Å². The van der Waals surface area contributed by atoms with Gasteiger partial charge in [0.1, 0.15) is 6.07 Å². The summed E-state index contributed by atoms with van der Waals surface area (Å²) in [5.41, 5.74) is 3.46. The summed E-state index contributed by atoms with van der Waals surface area (Å²) in [6, 6.07) is 14.8. The molecule has 32 heavy (non-hydrogen) atoms. The number of para-hydroxylation sites is 1. The predicted molar refractivity (Wildman–Crippen MR) is 121 cm³/mol. The van der Waals surface area contributed by atoms with Crippen molar-refractivity contribution >= 4 is 23.0 Å². The number of hydrogen-bond acceptors (Lipinski definition) is 6. The maximum atomic E-state index is 13.5. The van der Waals surface area contributed by atoms with Crippen LogP contribution in [0.25, 0.3) is 0 Å². The van der Waals surface area contributed by atoms with Crippen molar-refractivity contribution in [1.82, 2.24) is 4.90 Å². The molecule has 0 spiro atoms. The van der Waals surface area contributed by atoms with Gasteiger partial charge in [0.2, 0.25) is 5.91 Å². The molecule has 2 fully saturated rings. The van der Waals surface area contributed by atoms with Gasteiger partial charge in [0.15, 0.2) is 0 Å². The topological polar surface area (TPSA) is 93.7 Å². The molecule has 2 aromatic rings. The first kappa shape index (κ1) is 20.3. The molecule has 0 bridgehead atoms. The van der Waals surface area contributed by atoms with Gasteiger partial charge in [-0.25, -0.2) is 0 Å². The molecule has 0 unspecified atom stereocenters. The molecule has 0 N–H and O–H groups in total. The number of likely N-dealkylation sites (tertiary alicyclic amines) is 1. The van der Waals surface area contributed by atoms with Gasteiger partial charge in [-0.2, -0.15) is 5.26 Å². The predicted octanol–water partition coefficient (Wildman–Crippen LogP) is 2.96. The lowest BCUT2D eigenvalue weighted by Gasteiger charge is -2.50. The van der Waals surface area contributed by atoms with Crippen LogP contribution in [0.1, 0.15) is 24.0 Å². The maximum Gasteiger partial charge on any atom is 0.269 e. The quantitative estimate of drug-likeness (QED) is 0.548. The van der Waals surface area contributed by atoms with Crippen molar-refractivity contribution in [3.63, 3.8) is 0 Å². The van der Waals surface area contributed by atoms with E-state index in [9.17, 15) is 20.2 Å².